The SMILES string of the molecule is COC(=O)/C=C/n1cc([C@@H]2O[C@H](COP(=O)(O)OP(=O)(O)OP(=O)(O)O)C(O)[C@@H]2O)c(=O)[nH]c1=O. The van der Waals surface area contributed by atoms with Crippen LogP contribution in [0.3, 0.4) is 0 Å². The van der Waals surface area contributed by atoms with Crippen LogP contribution in [0.4, 0.5) is 0 Å². The van der Waals surface area contributed by atoms with Gasteiger partial charge in [-0.05, 0) is 0 Å². The van der Waals surface area contributed by atoms with E-state index in [-0.39, 0.29) is 0 Å². The van der Waals surface area contributed by atoms with Gasteiger partial charge in [0.05, 0.1) is 19.3 Å². The highest BCUT2D eigenvalue weighted by atomic mass is 31.3. The minimum absolute atomic E-state index is 0.425. The van der Waals surface area contributed by atoms with E-state index >= 15 is 0 Å². The van der Waals surface area contributed by atoms with Gasteiger partial charge in [-0.2, -0.15) is 8.62 Å². The molecule has 2 rings (SSSR count). The number of phosphoric ester groups is 1. The number of aliphatic hydroxyl groups is 2. The van der Waals surface area contributed by atoms with Crippen LogP contribution in [0.25, 0.3) is 6.20 Å². The monoisotopic (exact) mass is 568 g/mol. The summed E-state index contributed by atoms with van der Waals surface area (Å²) >= 11 is 0. The molecule has 1 aromatic heterocycles. The molecule has 2 heterocycles. The molecule has 7 N–H and O–H groups in total. The van der Waals surface area contributed by atoms with Crippen molar-refractivity contribution in [3.8, 4) is 0 Å². The fourth-order valence-electron chi connectivity index (χ4n) is 2.64. The van der Waals surface area contributed by atoms with E-state index in [9.17, 15) is 43.2 Å². The van der Waals surface area contributed by atoms with E-state index < -0.39 is 77.3 Å². The maximum atomic E-state index is 12.2. The fourth-order valence-corrected chi connectivity index (χ4v) is 5.67. The first-order valence-corrected chi connectivity index (χ1v) is 13.4. The number of ether oxygens (including phenoxy) is 2. The number of nitrogens with zero attached hydrogens (tertiary/aromatic N) is 1. The Morgan fingerprint density at radius 1 is 1.11 bits per heavy atom. The molecule has 0 saturated carbocycles. The van der Waals surface area contributed by atoms with Gasteiger partial charge in [-0.25, -0.2) is 23.3 Å². The summed E-state index contributed by atoms with van der Waals surface area (Å²) in [5.41, 5.74) is -2.47. The molecule has 6 atom stereocenters. The molecule has 1 fully saturated rings. The van der Waals surface area contributed by atoms with Crippen molar-refractivity contribution in [3.63, 3.8) is 0 Å². The minimum Gasteiger partial charge on any atom is -0.466 e. The largest absolute Gasteiger partial charge is 0.490 e. The maximum absolute atomic E-state index is 12.2. The van der Waals surface area contributed by atoms with Gasteiger partial charge >= 0.3 is 35.1 Å². The second kappa shape index (κ2) is 11.1. The molecular formula is C13H19N2O17P3. The second-order valence-corrected chi connectivity index (χ2v) is 11.0. The van der Waals surface area contributed by atoms with Gasteiger partial charge in [0.2, 0.25) is 0 Å². The Hall–Kier alpha value is -1.82. The summed E-state index contributed by atoms with van der Waals surface area (Å²) in [7, 11) is -15.9. The van der Waals surface area contributed by atoms with Crippen LogP contribution in [-0.2, 0) is 41.1 Å². The number of phosphoric acid groups is 3. The minimum atomic E-state index is -5.79. The van der Waals surface area contributed by atoms with Crippen molar-refractivity contribution in [2.45, 2.75) is 24.4 Å². The van der Waals surface area contributed by atoms with E-state index in [2.05, 4.69) is 17.9 Å². The molecule has 0 aliphatic carbocycles. The van der Waals surface area contributed by atoms with Crippen LogP contribution >= 0.6 is 23.5 Å². The van der Waals surface area contributed by atoms with E-state index in [1.807, 2.05) is 4.98 Å². The van der Waals surface area contributed by atoms with Crippen molar-refractivity contribution in [3.05, 3.63) is 38.7 Å². The predicted octanol–water partition coefficient (Wildman–Crippen LogP) is -2.31. The third-order valence-corrected chi connectivity index (χ3v) is 7.86. The molecule has 0 radical (unpaired) electrons. The molecular weight excluding hydrogens is 549 g/mol. The third kappa shape index (κ3) is 8.37. The van der Waals surface area contributed by atoms with Crippen LogP contribution in [0.15, 0.2) is 21.9 Å². The molecule has 1 aliphatic heterocycles. The number of rotatable bonds is 10. The van der Waals surface area contributed by atoms with Gasteiger partial charge < -0.3 is 39.3 Å². The Bertz CT molecular complexity index is 1230. The molecule has 0 spiro atoms. The van der Waals surface area contributed by atoms with Gasteiger partial charge in [0.1, 0.15) is 24.4 Å². The van der Waals surface area contributed by atoms with Crippen molar-refractivity contribution in [2.75, 3.05) is 13.7 Å². The van der Waals surface area contributed by atoms with Gasteiger partial charge in [-0.3, -0.25) is 18.9 Å². The van der Waals surface area contributed by atoms with Crippen molar-refractivity contribution in [2.24, 2.45) is 0 Å². The second-order valence-electron chi connectivity index (χ2n) is 6.55. The highest BCUT2D eigenvalue weighted by Crippen LogP contribution is 2.66. The molecule has 0 aromatic carbocycles. The van der Waals surface area contributed by atoms with E-state index in [1.165, 1.54) is 0 Å². The third-order valence-electron chi connectivity index (χ3n) is 4.05. The average Bonchev–Trinajstić information content (AvgIpc) is 2.97. The van der Waals surface area contributed by atoms with Crippen LogP contribution in [0.5, 0.6) is 0 Å². The van der Waals surface area contributed by atoms with Crippen LogP contribution in [0, 0.1) is 0 Å². The molecule has 22 heteroatoms. The summed E-state index contributed by atoms with van der Waals surface area (Å²) in [6.45, 7) is -1.11. The number of carbonyl (C=O) groups excluding carboxylic acids is 1. The molecule has 1 aromatic rings. The number of carbonyl (C=O) groups is 1. The highest BCUT2D eigenvalue weighted by Gasteiger charge is 2.47. The smallest absolute Gasteiger partial charge is 0.466 e. The summed E-state index contributed by atoms with van der Waals surface area (Å²) in [5, 5.41) is 20.4. The van der Waals surface area contributed by atoms with Crippen molar-refractivity contribution < 1.29 is 70.9 Å². The number of hydrogen-bond acceptors (Lipinski definition) is 13. The fraction of sp³-hybridized carbons (Fsp3) is 0.462. The van der Waals surface area contributed by atoms with Gasteiger partial charge in [0, 0.05) is 18.5 Å². The zero-order valence-electron chi connectivity index (χ0n) is 17.2. The number of H-pyrrole nitrogens is 1. The zero-order chi connectivity index (χ0) is 26.8. The first-order chi connectivity index (χ1) is 15.9. The normalized spacial score (nSPS) is 26.4. The van der Waals surface area contributed by atoms with Crippen LogP contribution in [0.2, 0.25) is 0 Å². The Morgan fingerprint density at radius 2 is 1.74 bits per heavy atom. The molecule has 198 valence electrons. The van der Waals surface area contributed by atoms with Crippen LogP contribution in [0.1, 0.15) is 11.7 Å². The van der Waals surface area contributed by atoms with Crippen molar-refractivity contribution >= 4 is 35.6 Å². The van der Waals surface area contributed by atoms with Gasteiger partial charge in [-0.1, -0.05) is 0 Å². The molecule has 0 bridgehead atoms. The Kier molecular flexibility index (Phi) is 9.30. The Morgan fingerprint density at radius 3 is 2.31 bits per heavy atom. The van der Waals surface area contributed by atoms with Crippen LogP contribution in [-0.4, -0.2) is 77.3 Å². The van der Waals surface area contributed by atoms with E-state index in [1.54, 1.807) is 0 Å². The maximum Gasteiger partial charge on any atom is 0.490 e. The molecule has 3 unspecified atom stereocenters. The lowest BCUT2D eigenvalue weighted by Gasteiger charge is -2.19. The first kappa shape index (κ1) is 29.4. The van der Waals surface area contributed by atoms with E-state index in [4.69, 9.17) is 19.4 Å². The van der Waals surface area contributed by atoms with Gasteiger partial charge in [0.25, 0.3) is 5.56 Å². The zero-order valence-corrected chi connectivity index (χ0v) is 19.9. The first-order valence-electron chi connectivity index (χ1n) is 8.86. The van der Waals surface area contributed by atoms with Crippen molar-refractivity contribution in [1.82, 2.24) is 9.55 Å². The summed E-state index contributed by atoms with van der Waals surface area (Å²) in [5.74, 6) is -0.844. The van der Waals surface area contributed by atoms with Gasteiger partial charge in [-0.15, -0.1) is 0 Å². The lowest BCUT2D eigenvalue weighted by molar-refractivity contribution is -0.134. The lowest BCUT2D eigenvalue weighted by Crippen LogP contribution is -2.35. The van der Waals surface area contributed by atoms with Gasteiger partial charge in [0.15, 0.2) is 0 Å². The lowest BCUT2D eigenvalue weighted by atomic mass is 10.0. The Labute approximate surface area is 193 Å². The molecule has 0 amide bonds. The molecule has 1 saturated heterocycles. The predicted molar refractivity (Wildman–Crippen MR) is 108 cm³/mol. The number of hydrogen-bond donors (Lipinski definition) is 7. The van der Waals surface area contributed by atoms with E-state index in [0.29, 0.717) is 0 Å². The number of esters is 1. The standard InChI is InChI=1S/C13H19N2O17P3/c1-28-8(16)2-3-15-4-6(12(19)14-13(15)20)11-10(18)9(17)7(30-11)5-29-34(24,25)32-35(26,27)31-33(21,22)23/h2-4,7,9-11,17-18H,5H2,1H3,(H,24,25)(H,26,27)(H,14,19,20)(H2,21,22,23)/b3-2+/t7-,9?,10+,11+/m1/s1. The summed E-state index contributed by atoms with van der Waals surface area (Å²) < 4.78 is 55.5. The number of aliphatic hydroxyl groups excluding tert-OH is 2. The number of methoxy groups -OCH3 is 1. The highest BCUT2D eigenvalue weighted by molar-refractivity contribution is 7.66. The summed E-state index contributed by atoms with van der Waals surface area (Å²) in [6, 6.07) is 0. The molecule has 1 aliphatic rings. The number of nitrogens with one attached hydrogen (secondary N) is 1. The van der Waals surface area contributed by atoms with E-state index in [0.717, 1.165) is 30.1 Å². The van der Waals surface area contributed by atoms with Crippen LogP contribution < -0.4 is 11.2 Å². The number of aromatic nitrogens is 2. The quantitative estimate of drug-likeness (QED) is 0.0885. The summed E-state index contributed by atoms with van der Waals surface area (Å²) in [6.07, 6.45) is -4.43. The topological polar surface area (TPSA) is 291 Å². The summed E-state index contributed by atoms with van der Waals surface area (Å²) in [4.78, 5) is 72.8. The Balaban J connectivity index is 2.18. The molecule has 35 heavy (non-hydrogen) atoms. The van der Waals surface area contributed by atoms with Crippen molar-refractivity contribution in [1.29, 1.82) is 0 Å². The average molecular weight is 568 g/mol. The number of aromatic amines is 1. The molecule has 19 nitrogen and oxygen atoms in total.